The lowest BCUT2D eigenvalue weighted by molar-refractivity contribution is 0.159. The van der Waals surface area contributed by atoms with Crippen LogP contribution in [0.15, 0.2) is 61.1 Å². The van der Waals surface area contributed by atoms with E-state index in [4.69, 9.17) is 16.3 Å². The fourth-order valence-corrected chi connectivity index (χ4v) is 3.96. The Balaban J connectivity index is 1.41. The third-order valence-corrected chi connectivity index (χ3v) is 5.83. The number of carbonyl (C=O) groups excluding carboxylic acids is 1. The molecule has 172 valence electrons. The van der Waals surface area contributed by atoms with Crippen LogP contribution in [0, 0.1) is 0 Å². The number of para-hydroxylation sites is 1. The van der Waals surface area contributed by atoms with E-state index in [-0.39, 0.29) is 6.09 Å². The molecule has 4 aromatic rings. The smallest absolute Gasteiger partial charge is 0.414 e. The highest BCUT2D eigenvalue weighted by Crippen LogP contribution is 2.32. The number of benzene rings is 2. The maximum absolute atomic E-state index is 11.9. The molecule has 1 amide bonds. The summed E-state index contributed by atoms with van der Waals surface area (Å²) in [5, 5.41) is 6.93. The second kappa shape index (κ2) is 9.03. The van der Waals surface area contributed by atoms with Crippen molar-refractivity contribution in [2.75, 3.05) is 29.2 Å². The molecular formula is C24H22ClN7O2. The zero-order chi connectivity index (χ0) is 23.7. The number of halogens is 1. The lowest BCUT2D eigenvalue weighted by Crippen LogP contribution is -2.25. The summed E-state index contributed by atoms with van der Waals surface area (Å²) in [6, 6.07) is 13.5. The first kappa shape index (κ1) is 21.7. The van der Waals surface area contributed by atoms with E-state index in [0.717, 1.165) is 34.0 Å². The van der Waals surface area contributed by atoms with Crippen molar-refractivity contribution in [2.45, 2.75) is 6.42 Å². The summed E-state index contributed by atoms with van der Waals surface area (Å²) < 4.78 is 7.15. The van der Waals surface area contributed by atoms with E-state index in [1.165, 1.54) is 4.90 Å². The van der Waals surface area contributed by atoms with Gasteiger partial charge in [-0.25, -0.2) is 14.8 Å². The number of hydrogen-bond donors (Lipinski definition) is 2. The molecule has 1 aliphatic heterocycles. The van der Waals surface area contributed by atoms with E-state index in [1.54, 1.807) is 19.4 Å². The number of aryl methyl sites for hydroxylation is 1. The second-order valence-electron chi connectivity index (χ2n) is 7.81. The summed E-state index contributed by atoms with van der Waals surface area (Å²) >= 11 is 6.41. The van der Waals surface area contributed by atoms with Gasteiger partial charge in [-0.2, -0.15) is 4.98 Å². The van der Waals surface area contributed by atoms with Gasteiger partial charge in [-0.05, 0) is 35.9 Å². The molecule has 2 aromatic carbocycles. The number of cyclic esters (lactones) is 1. The SMILES string of the molecule is CN1C(=O)OCCc2cc(Nc3ncc(Cl)c(Nc4ccccc4-c4nccn4C)n3)ccc21. The van der Waals surface area contributed by atoms with Crippen LogP contribution in [0.5, 0.6) is 0 Å². The van der Waals surface area contributed by atoms with E-state index in [9.17, 15) is 4.79 Å². The van der Waals surface area contributed by atoms with Crippen molar-refractivity contribution in [3.05, 3.63) is 71.6 Å². The fourth-order valence-electron chi connectivity index (χ4n) is 3.82. The summed E-state index contributed by atoms with van der Waals surface area (Å²) in [7, 11) is 3.64. The van der Waals surface area contributed by atoms with Gasteiger partial charge >= 0.3 is 6.09 Å². The highest BCUT2D eigenvalue weighted by Gasteiger charge is 2.20. The quantitative estimate of drug-likeness (QED) is 0.412. The van der Waals surface area contributed by atoms with Gasteiger partial charge in [0.2, 0.25) is 5.95 Å². The van der Waals surface area contributed by atoms with Gasteiger partial charge in [-0.1, -0.05) is 23.7 Å². The Labute approximate surface area is 201 Å². The van der Waals surface area contributed by atoms with Gasteiger partial charge in [-0.3, -0.25) is 4.90 Å². The van der Waals surface area contributed by atoms with Crippen LogP contribution >= 0.6 is 11.6 Å². The number of rotatable bonds is 5. The van der Waals surface area contributed by atoms with Gasteiger partial charge in [0.15, 0.2) is 5.82 Å². The number of hydrogen-bond acceptors (Lipinski definition) is 7. The van der Waals surface area contributed by atoms with E-state index >= 15 is 0 Å². The second-order valence-corrected chi connectivity index (χ2v) is 8.22. The number of carbonyl (C=O) groups is 1. The fraction of sp³-hybridized carbons (Fsp3) is 0.167. The van der Waals surface area contributed by atoms with Gasteiger partial charge in [0, 0.05) is 44.2 Å². The number of anilines is 5. The van der Waals surface area contributed by atoms with Crippen LogP contribution in [0.1, 0.15) is 5.56 Å². The zero-order valence-corrected chi connectivity index (χ0v) is 19.4. The summed E-state index contributed by atoms with van der Waals surface area (Å²) in [4.78, 5) is 26.8. The Hall–Kier alpha value is -4.11. The number of nitrogens with one attached hydrogen (secondary N) is 2. The van der Waals surface area contributed by atoms with Crippen molar-refractivity contribution in [1.29, 1.82) is 0 Å². The average Bonchev–Trinajstić information content (AvgIpc) is 3.21. The summed E-state index contributed by atoms with van der Waals surface area (Å²) in [5.41, 5.74) is 4.35. The first-order valence-electron chi connectivity index (χ1n) is 10.7. The predicted octanol–water partition coefficient (Wildman–Crippen LogP) is 5.15. The number of nitrogens with zero attached hydrogens (tertiary/aromatic N) is 5. The molecule has 0 spiro atoms. The number of amides is 1. The largest absolute Gasteiger partial charge is 0.449 e. The van der Waals surface area contributed by atoms with Crippen molar-refractivity contribution in [3.8, 4) is 11.4 Å². The van der Waals surface area contributed by atoms with Gasteiger partial charge < -0.3 is 19.9 Å². The molecule has 0 bridgehead atoms. The first-order chi connectivity index (χ1) is 16.5. The topological polar surface area (TPSA) is 97.2 Å². The van der Waals surface area contributed by atoms with Crippen LogP contribution < -0.4 is 15.5 Å². The van der Waals surface area contributed by atoms with Crippen LogP contribution in [0.2, 0.25) is 5.02 Å². The molecule has 3 heterocycles. The average molecular weight is 476 g/mol. The minimum absolute atomic E-state index is 0.334. The molecule has 5 rings (SSSR count). The molecule has 34 heavy (non-hydrogen) atoms. The molecule has 0 saturated carbocycles. The Morgan fingerprint density at radius 1 is 1.09 bits per heavy atom. The molecule has 1 aliphatic rings. The Morgan fingerprint density at radius 3 is 2.76 bits per heavy atom. The molecule has 9 nitrogen and oxygen atoms in total. The van der Waals surface area contributed by atoms with Crippen molar-refractivity contribution in [1.82, 2.24) is 19.5 Å². The summed E-state index contributed by atoms with van der Waals surface area (Å²) in [5.74, 6) is 1.67. The van der Waals surface area contributed by atoms with Crippen molar-refractivity contribution >= 4 is 46.5 Å². The Kier molecular flexibility index (Phi) is 5.77. The zero-order valence-electron chi connectivity index (χ0n) is 18.6. The molecular weight excluding hydrogens is 454 g/mol. The molecule has 0 saturated heterocycles. The number of imidazole rings is 1. The molecule has 0 unspecified atom stereocenters. The van der Waals surface area contributed by atoms with Crippen LogP contribution in [-0.4, -0.2) is 39.3 Å². The molecule has 0 aliphatic carbocycles. The maximum Gasteiger partial charge on any atom is 0.414 e. The standard InChI is InChI=1S/C24H22ClN7O2/c1-31-11-10-26-22(31)17-5-3-4-6-19(17)29-21-18(25)14-27-23(30-21)28-16-7-8-20-15(13-16)9-12-34-24(33)32(20)2/h3-8,10-11,13-14H,9,12H2,1-2H3,(H2,27,28,29,30). The molecule has 0 radical (unpaired) electrons. The minimum atomic E-state index is -0.359. The number of fused-ring (bicyclic) bond motifs is 1. The number of ether oxygens (including phenoxy) is 1. The van der Waals surface area contributed by atoms with Crippen LogP contribution in [0.4, 0.5) is 33.6 Å². The molecule has 10 heteroatoms. The summed E-state index contributed by atoms with van der Waals surface area (Å²) in [6.45, 7) is 0.334. The van der Waals surface area contributed by atoms with Gasteiger partial charge in [0.25, 0.3) is 0 Å². The maximum atomic E-state index is 11.9. The molecule has 0 fully saturated rings. The molecule has 2 aromatic heterocycles. The van der Waals surface area contributed by atoms with Crippen LogP contribution in [-0.2, 0) is 18.2 Å². The van der Waals surface area contributed by atoms with Crippen LogP contribution in [0.25, 0.3) is 11.4 Å². The predicted molar refractivity (Wildman–Crippen MR) is 132 cm³/mol. The lowest BCUT2D eigenvalue weighted by Gasteiger charge is -2.17. The van der Waals surface area contributed by atoms with Gasteiger partial charge in [0.1, 0.15) is 10.8 Å². The van der Waals surface area contributed by atoms with E-state index in [2.05, 4.69) is 25.6 Å². The third-order valence-electron chi connectivity index (χ3n) is 5.55. The van der Waals surface area contributed by atoms with Gasteiger partial charge in [0.05, 0.1) is 24.2 Å². The Bertz CT molecular complexity index is 1370. The normalized spacial score (nSPS) is 13.1. The third kappa shape index (κ3) is 4.25. The van der Waals surface area contributed by atoms with Gasteiger partial charge in [-0.15, -0.1) is 0 Å². The van der Waals surface area contributed by atoms with Crippen molar-refractivity contribution in [3.63, 3.8) is 0 Å². The van der Waals surface area contributed by atoms with E-state index in [0.29, 0.717) is 29.8 Å². The lowest BCUT2D eigenvalue weighted by atomic mass is 10.1. The highest BCUT2D eigenvalue weighted by atomic mass is 35.5. The Morgan fingerprint density at radius 2 is 1.94 bits per heavy atom. The van der Waals surface area contributed by atoms with E-state index < -0.39 is 0 Å². The van der Waals surface area contributed by atoms with Crippen LogP contribution in [0.3, 0.4) is 0 Å². The first-order valence-corrected chi connectivity index (χ1v) is 11.0. The minimum Gasteiger partial charge on any atom is -0.449 e. The van der Waals surface area contributed by atoms with Crippen molar-refractivity contribution in [2.24, 2.45) is 7.05 Å². The molecule has 2 N–H and O–H groups in total. The highest BCUT2D eigenvalue weighted by molar-refractivity contribution is 6.33. The summed E-state index contributed by atoms with van der Waals surface area (Å²) in [6.07, 6.45) is 5.46. The molecule has 0 atom stereocenters. The van der Waals surface area contributed by atoms with E-state index in [1.807, 2.05) is 60.3 Å². The van der Waals surface area contributed by atoms with Crippen molar-refractivity contribution < 1.29 is 9.53 Å². The monoisotopic (exact) mass is 475 g/mol. The number of aromatic nitrogens is 4.